The van der Waals surface area contributed by atoms with Gasteiger partial charge < -0.3 is 9.64 Å². The van der Waals surface area contributed by atoms with Crippen LogP contribution in [0.4, 0.5) is 5.69 Å². The van der Waals surface area contributed by atoms with Crippen LogP contribution in [0.15, 0.2) is 24.3 Å². The van der Waals surface area contributed by atoms with Gasteiger partial charge in [-0.2, -0.15) is 0 Å². The van der Waals surface area contributed by atoms with Crippen LogP contribution in [0.2, 0.25) is 0 Å². The van der Waals surface area contributed by atoms with Gasteiger partial charge in [0.15, 0.2) is 0 Å². The molecule has 0 aromatic heterocycles. The van der Waals surface area contributed by atoms with Crippen LogP contribution in [-0.2, 0) is 16.1 Å². The van der Waals surface area contributed by atoms with Gasteiger partial charge in [0.25, 0.3) is 0 Å². The second kappa shape index (κ2) is 9.94. The number of unbranched alkanes of at least 4 members (excludes halogenated alkanes) is 1. The van der Waals surface area contributed by atoms with Crippen molar-refractivity contribution in [2.75, 3.05) is 37.7 Å². The fraction of sp³-hybridized carbons (Fsp3) is 0.708. The molecule has 29 heavy (non-hydrogen) atoms. The van der Waals surface area contributed by atoms with Crippen LogP contribution in [0, 0.1) is 0 Å². The fourth-order valence-corrected chi connectivity index (χ4v) is 5.51. The van der Waals surface area contributed by atoms with Gasteiger partial charge in [0.05, 0.1) is 19.2 Å². The molecule has 0 N–H and O–H groups in total. The Morgan fingerprint density at radius 1 is 1.14 bits per heavy atom. The summed E-state index contributed by atoms with van der Waals surface area (Å²) in [5.74, 6) is -0.0315. The van der Waals surface area contributed by atoms with Crippen molar-refractivity contribution in [2.45, 2.75) is 77.0 Å². The van der Waals surface area contributed by atoms with Crippen molar-refractivity contribution in [1.82, 2.24) is 9.80 Å². The molecule has 5 nitrogen and oxygen atoms in total. The molecule has 0 spiro atoms. The van der Waals surface area contributed by atoms with Gasteiger partial charge in [0.2, 0.25) is 0 Å². The first-order valence-electron chi connectivity index (χ1n) is 11.7. The molecule has 0 amide bonds. The molecule has 0 radical (unpaired) electrons. The first kappa shape index (κ1) is 20.7. The van der Waals surface area contributed by atoms with Gasteiger partial charge in [-0.1, -0.05) is 24.6 Å². The SMILES string of the molecule is CCOC(=O)CC(CCCCN1c2ccccc2CN2CCCC21)N1CCCC1. The van der Waals surface area contributed by atoms with E-state index in [-0.39, 0.29) is 5.97 Å². The summed E-state index contributed by atoms with van der Waals surface area (Å²) in [6, 6.07) is 9.30. The van der Waals surface area contributed by atoms with Crippen LogP contribution in [0.5, 0.6) is 0 Å². The molecule has 160 valence electrons. The number of esters is 1. The number of para-hydroxylation sites is 1. The normalized spacial score (nSPS) is 23.1. The molecule has 3 aliphatic rings. The summed E-state index contributed by atoms with van der Waals surface area (Å²) in [5.41, 5.74) is 2.92. The molecule has 2 saturated heterocycles. The lowest BCUT2D eigenvalue weighted by molar-refractivity contribution is -0.144. The molecule has 3 heterocycles. The average Bonchev–Trinajstić information content (AvgIpc) is 3.41. The van der Waals surface area contributed by atoms with E-state index < -0.39 is 0 Å². The molecular weight excluding hydrogens is 362 g/mol. The van der Waals surface area contributed by atoms with E-state index in [1.807, 2.05) is 6.92 Å². The van der Waals surface area contributed by atoms with Crippen LogP contribution < -0.4 is 4.90 Å². The highest BCUT2D eigenvalue weighted by Crippen LogP contribution is 2.36. The number of likely N-dealkylation sites (tertiary alicyclic amines) is 1. The molecule has 4 rings (SSSR count). The number of hydrogen-bond acceptors (Lipinski definition) is 5. The average molecular weight is 400 g/mol. The molecule has 5 heteroatoms. The zero-order valence-corrected chi connectivity index (χ0v) is 18.0. The largest absolute Gasteiger partial charge is 0.466 e. The second-order valence-electron chi connectivity index (χ2n) is 8.82. The number of hydrogen-bond donors (Lipinski definition) is 0. The number of carbonyl (C=O) groups is 1. The number of rotatable bonds is 9. The Labute approximate surface area is 176 Å². The summed E-state index contributed by atoms with van der Waals surface area (Å²) >= 11 is 0. The van der Waals surface area contributed by atoms with Gasteiger partial charge in [-0.05, 0) is 70.2 Å². The molecule has 3 aliphatic heterocycles. The third-order valence-electron chi connectivity index (χ3n) is 6.91. The first-order chi connectivity index (χ1) is 14.3. The Kier molecular flexibility index (Phi) is 7.09. The number of ether oxygens (including phenoxy) is 1. The van der Waals surface area contributed by atoms with Crippen LogP contribution in [0.3, 0.4) is 0 Å². The lowest BCUT2D eigenvalue weighted by Gasteiger charge is -2.42. The summed E-state index contributed by atoms with van der Waals surface area (Å²) < 4.78 is 5.24. The van der Waals surface area contributed by atoms with E-state index >= 15 is 0 Å². The summed E-state index contributed by atoms with van der Waals surface area (Å²) in [4.78, 5) is 19.9. The molecule has 1 aromatic carbocycles. The van der Waals surface area contributed by atoms with E-state index in [1.165, 1.54) is 56.3 Å². The van der Waals surface area contributed by atoms with E-state index in [0.29, 0.717) is 25.2 Å². The number of fused-ring (bicyclic) bond motifs is 2. The van der Waals surface area contributed by atoms with E-state index in [4.69, 9.17) is 4.74 Å². The molecule has 2 unspecified atom stereocenters. The predicted octanol–water partition coefficient (Wildman–Crippen LogP) is 4.02. The zero-order valence-electron chi connectivity index (χ0n) is 18.0. The van der Waals surface area contributed by atoms with Gasteiger partial charge in [-0.25, -0.2) is 0 Å². The third kappa shape index (κ3) is 4.95. The lowest BCUT2D eigenvalue weighted by Crippen LogP contribution is -2.48. The van der Waals surface area contributed by atoms with Crippen LogP contribution in [0.25, 0.3) is 0 Å². The number of nitrogens with zero attached hydrogens (tertiary/aromatic N) is 3. The summed E-state index contributed by atoms with van der Waals surface area (Å²) in [6.07, 6.45) is 9.72. The van der Waals surface area contributed by atoms with Crippen molar-refractivity contribution in [1.29, 1.82) is 0 Å². The molecule has 2 atom stereocenters. The summed E-state index contributed by atoms with van der Waals surface area (Å²) in [7, 11) is 0. The van der Waals surface area contributed by atoms with Crippen molar-refractivity contribution in [3.8, 4) is 0 Å². The van der Waals surface area contributed by atoms with Crippen molar-refractivity contribution < 1.29 is 9.53 Å². The first-order valence-corrected chi connectivity index (χ1v) is 11.7. The highest BCUT2D eigenvalue weighted by molar-refractivity contribution is 5.70. The van der Waals surface area contributed by atoms with Gasteiger partial charge in [-0.15, -0.1) is 0 Å². The molecule has 0 aliphatic carbocycles. The maximum atomic E-state index is 12.1. The van der Waals surface area contributed by atoms with Crippen molar-refractivity contribution in [3.05, 3.63) is 29.8 Å². The maximum absolute atomic E-state index is 12.1. The summed E-state index contributed by atoms with van der Waals surface area (Å²) in [6.45, 7) is 8.11. The van der Waals surface area contributed by atoms with E-state index in [1.54, 1.807) is 0 Å². The Bertz CT molecular complexity index is 674. The van der Waals surface area contributed by atoms with Crippen molar-refractivity contribution in [3.63, 3.8) is 0 Å². The van der Waals surface area contributed by atoms with Gasteiger partial charge in [-0.3, -0.25) is 14.6 Å². The minimum atomic E-state index is -0.0315. The molecule has 1 aromatic rings. The molecule has 0 saturated carbocycles. The topological polar surface area (TPSA) is 36.0 Å². The molecule has 2 fully saturated rings. The Balaban J connectivity index is 1.32. The monoisotopic (exact) mass is 399 g/mol. The molecular formula is C24H37N3O2. The van der Waals surface area contributed by atoms with Gasteiger partial charge in [0, 0.05) is 31.4 Å². The smallest absolute Gasteiger partial charge is 0.307 e. The number of carbonyl (C=O) groups excluding carboxylic acids is 1. The zero-order chi connectivity index (χ0) is 20.1. The maximum Gasteiger partial charge on any atom is 0.307 e. The van der Waals surface area contributed by atoms with E-state index in [9.17, 15) is 4.79 Å². The van der Waals surface area contributed by atoms with Crippen molar-refractivity contribution >= 4 is 11.7 Å². The minimum Gasteiger partial charge on any atom is -0.466 e. The van der Waals surface area contributed by atoms with Crippen LogP contribution >= 0.6 is 0 Å². The third-order valence-corrected chi connectivity index (χ3v) is 6.91. The lowest BCUT2D eigenvalue weighted by atomic mass is 10.0. The van der Waals surface area contributed by atoms with Crippen LogP contribution in [0.1, 0.15) is 63.9 Å². The second-order valence-corrected chi connectivity index (χ2v) is 8.82. The highest BCUT2D eigenvalue weighted by atomic mass is 16.5. The van der Waals surface area contributed by atoms with Crippen molar-refractivity contribution in [2.24, 2.45) is 0 Å². The predicted molar refractivity (Wildman–Crippen MR) is 117 cm³/mol. The van der Waals surface area contributed by atoms with Crippen LogP contribution in [-0.4, -0.2) is 60.8 Å². The Morgan fingerprint density at radius 2 is 1.97 bits per heavy atom. The quantitative estimate of drug-likeness (QED) is 0.463. The Hall–Kier alpha value is -1.59. The Morgan fingerprint density at radius 3 is 2.79 bits per heavy atom. The minimum absolute atomic E-state index is 0.0315. The van der Waals surface area contributed by atoms with E-state index in [2.05, 4.69) is 39.0 Å². The van der Waals surface area contributed by atoms with E-state index in [0.717, 1.165) is 32.6 Å². The number of benzene rings is 1. The van der Waals surface area contributed by atoms with Gasteiger partial charge >= 0.3 is 5.97 Å². The molecule has 0 bridgehead atoms. The van der Waals surface area contributed by atoms with Gasteiger partial charge in [0.1, 0.15) is 0 Å². The number of anilines is 1. The fourth-order valence-electron chi connectivity index (χ4n) is 5.51. The standard InChI is InChI=1S/C24H37N3O2/c1-2-29-24(28)18-21(25-14-7-8-15-25)11-5-6-17-27-22-12-4-3-10-20(22)19-26-16-9-13-23(26)27/h3-4,10,12,21,23H,2,5-9,11,13-19H2,1H3. The highest BCUT2D eigenvalue weighted by Gasteiger charge is 2.35. The summed E-state index contributed by atoms with van der Waals surface area (Å²) in [5, 5.41) is 0.